The van der Waals surface area contributed by atoms with Gasteiger partial charge >= 0.3 is 5.97 Å². The van der Waals surface area contributed by atoms with Crippen LogP contribution in [-0.4, -0.2) is 39.2 Å². The molecule has 19 heavy (non-hydrogen) atoms. The molecule has 1 aliphatic heterocycles. The Bertz CT molecular complexity index is 485. The predicted molar refractivity (Wildman–Crippen MR) is 70.8 cm³/mol. The summed E-state index contributed by atoms with van der Waals surface area (Å²) >= 11 is 1.45. The number of cyclic esters (lactones) is 1. The van der Waals surface area contributed by atoms with Crippen molar-refractivity contribution in [1.29, 1.82) is 0 Å². The number of carbonyl (C=O) groups excluding carboxylic acids is 1. The number of thioether (sulfide) groups is 1. The zero-order valence-corrected chi connectivity index (χ0v) is 10.8. The first-order valence-electron chi connectivity index (χ1n) is 5.72. The molecule has 0 fully saturated rings. The van der Waals surface area contributed by atoms with Gasteiger partial charge in [0.1, 0.15) is 6.10 Å². The number of rotatable bonds is 5. The van der Waals surface area contributed by atoms with E-state index in [9.17, 15) is 15.0 Å². The zero-order valence-electron chi connectivity index (χ0n) is 10.0. The van der Waals surface area contributed by atoms with Crippen LogP contribution in [0.15, 0.2) is 41.9 Å². The van der Waals surface area contributed by atoms with Crippen molar-refractivity contribution in [1.82, 2.24) is 0 Å². The highest BCUT2D eigenvalue weighted by molar-refractivity contribution is 7.98. The molecule has 1 aromatic rings. The van der Waals surface area contributed by atoms with E-state index in [1.165, 1.54) is 11.8 Å². The Hall–Kier alpha value is -1.66. The van der Waals surface area contributed by atoms with Gasteiger partial charge in [-0.15, -0.1) is 0 Å². The van der Waals surface area contributed by atoms with Crippen LogP contribution in [0.4, 0.5) is 0 Å². The smallest absolute Gasteiger partial charge is 0.377 e. The number of carbonyl (C=O) groups is 1. The first kappa shape index (κ1) is 13.8. The van der Waals surface area contributed by atoms with Gasteiger partial charge in [-0.05, 0) is 5.56 Å². The second-order valence-electron chi connectivity index (χ2n) is 4.13. The summed E-state index contributed by atoms with van der Waals surface area (Å²) < 4.78 is 4.67. The lowest BCUT2D eigenvalue weighted by Gasteiger charge is -2.16. The second-order valence-corrected chi connectivity index (χ2v) is 5.16. The number of aliphatic hydroxyl groups excluding tert-OH is 3. The minimum Gasteiger partial charge on any atom is -0.505 e. The average Bonchev–Trinajstić information content (AvgIpc) is 2.68. The van der Waals surface area contributed by atoms with E-state index < -0.39 is 29.7 Å². The maximum absolute atomic E-state index is 11.0. The number of esters is 1. The van der Waals surface area contributed by atoms with Crippen molar-refractivity contribution in [3.63, 3.8) is 0 Å². The van der Waals surface area contributed by atoms with Gasteiger partial charge in [0.2, 0.25) is 5.76 Å². The normalized spacial score (nSPS) is 20.5. The standard InChI is InChI=1S/C13H14O5S/c14-9(12-10(15)11(16)13(17)18-12)7-19-6-8-4-2-1-3-5-8/h1-5,9,12,14-16H,6-7H2. The van der Waals surface area contributed by atoms with Gasteiger partial charge < -0.3 is 20.1 Å². The molecule has 0 aliphatic carbocycles. The Labute approximate surface area is 114 Å². The summed E-state index contributed by atoms with van der Waals surface area (Å²) in [5.41, 5.74) is 1.12. The lowest BCUT2D eigenvalue weighted by Crippen LogP contribution is -2.30. The van der Waals surface area contributed by atoms with Gasteiger partial charge in [-0.1, -0.05) is 30.3 Å². The van der Waals surface area contributed by atoms with Crippen LogP contribution >= 0.6 is 11.8 Å². The van der Waals surface area contributed by atoms with Crippen LogP contribution in [0.2, 0.25) is 0 Å². The summed E-state index contributed by atoms with van der Waals surface area (Å²) in [5.74, 6) is -1.44. The molecule has 0 bridgehead atoms. The number of aliphatic hydroxyl groups is 3. The second kappa shape index (κ2) is 5.99. The molecule has 0 saturated heterocycles. The van der Waals surface area contributed by atoms with Crippen LogP contribution in [-0.2, 0) is 15.3 Å². The van der Waals surface area contributed by atoms with E-state index >= 15 is 0 Å². The monoisotopic (exact) mass is 282 g/mol. The largest absolute Gasteiger partial charge is 0.505 e. The maximum atomic E-state index is 11.0. The summed E-state index contributed by atoms with van der Waals surface area (Å²) in [6, 6.07) is 9.72. The molecule has 0 saturated carbocycles. The van der Waals surface area contributed by atoms with Crippen LogP contribution in [0.25, 0.3) is 0 Å². The molecule has 102 valence electrons. The van der Waals surface area contributed by atoms with Gasteiger partial charge in [0.25, 0.3) is 0 Å². The summed E-state index contributed by atoms with van der Waals surface area (Å²) in [7, 11) is 0. The first-order valence-corrected chi connectivity index (χ1v) is 6.88. The Morgan fingerprint density at radius 2 is 1.95 bits per heavy atom. The molecule has 6 heteroatoms. The lowest BCUT2D eigenvalue weighted by molar-refractivity contribution is -0.146. The molecule has 5 nitrogen and oxygen atoms in total. The fourth-order valence-corrected chi connectivity index (χ4v) is 2.65. The van der Waals surface area contributed by atoms with Gasteiger partial charge in [0.05, 0.1) is 0 Å². The molecular weight excluding hydrogens is 268 g/mol. The van der Waals surface area contributed by atoms with E-state index in [0.717, 1.165) is 5.56 Å². The molecule has 2 atom stereocenters. The predicted octanol–water partition coefficient (Wildman–Crippen LogP) is 1.53. The first-order chi connectivity index (χ1) is 9.09. The third-order valence-corrected chi connectivity index (χ3v) is 3.80. The molecule has 2 unspecified atom stereocenters. The van der Waals surface area contributed by atoms with Crippen molar-refractivity contribution in [2.45, 2.75) is 18.0 Å². The molecule has 1 heterocycles. The van der Waals surface area contributed by atoms with Crippen LogP contribution < -0.4 is 0 Å². The SMILES string of the molecule is O=C1OC(C(O)CSCc2ccccc2)C(O)=C1O. The molecule has 2 rings (SSSR count). The Morgan fingerprint density at radius 1 is 1.26 bits per heavy atom. The number of hydrogen-bond donors (Lipinski definition) is 3. The summed E-state index contributed by atoms with van der Waals surface area (Å²) in [4.78, 5) is 11.0. The van der Waals surface area contributed by atoms with E-state index in [1.54, 1.807) is 0 Å². The Balaban J connectivity index is 1.83. The molecule has 0 spiro atoms. The third-order valence-electron chi connectivity index (χ3n) is 2.69. The van der Waals surface area contributed by atoms with Gasteiger partial charge in [0, 0.05) is 11.5 Å². The summed E-state index contributed by atoms with van der Waals surface area (Å²) in [6.45, 7) is 0. The maximum Gasteiger partial charge on any atom is 0.377 e. The lowest BCUT2D eigenvalue weighted by atomic mass is 10.2. The Morgan fingerprint density at radius 3 is 2.53 bits per heavy atom. The van der Waals surface area contributed by atoms with Crippen molar-refractivity contribution < 1.29 is 24.9 Å². The van der Waals surface area contributed by atoms with Gasteiger partial charge in [0.15, 0.2) is 11.9 Å². The van der Waals surface area contributed by atoms with E-state index in [1.807, 2.05) is 30.3 Å². The van der Waals surface area contributed by atoms with Crippen molar-refractivity contribution in [2.75, 3.05) is 5.75 Å². The molecule has 1 aromatic carbocycles. The molecule has 0 amide bonds. The van der Waals surface area contributed by atoms with Crippen LogP contribution in [0.5, 0.6) is 0 Å². The highest BCUT2D eigenvalue weighted by Crippen LogP contribution is 2.24. The molecule has 0 aromatic heterocycles. The van der Waals surface area contributed by atoms with Crippen LogP contribution in [0.1, 0.15) is 5.56 Å². The van der Waals surface area contributed by atoms with Crippen LogP contribution in [0.3, 0.4) is 0 Å². The fourth-order valence-electron chi connectivity index (χ4n) is 1.69. The van der Waals surface area contributed by atoms with Crippen molar-refractivity contribution in [3.8, 4) is 0 Å². The van der Waals surface area contributed by atoms with E-state index in [4.69, 9.17) is 5.11 Å². The minimum absolute atomic E-state index is 0.282. The quantitative estimate of drug-likeness (QED) is 0.710. The molecular formula is C13H14O5S. The van der Waals surface area contributed by atoms with Crippen LogP contribution in [0, 0.1) is 0 Å². The average molecular weight is 282 g/mol. The third kappa shape index (κ3) is 3.21. The fraction of sp³-hybridized carbons (Fsp3) is 0.308. The topological polar surface area (TPSA) is 87.0 Å². The molecule has 3 N–H and O–H groups in total. The number of ether oxygens (including phenoxy) is 1. The summed E-state index contributed by atoms with van der Waals surface area (Å²) in [6.07, 6.45) is -2.22. The molecule has 0 radical (unpaired) electrons. The highest BCUT2D eigenvalue weighted by Gasteiger charge is 2.38. The van der Waals surface area contributed by atoms with Gasteiger partial charge in [-0.2, -0.15) is 11.8 Å². The number of benzene rings is 1. The van der Waals surface area contributed by atoms with E-state index in [-0.39, 0.29) is 5.75 Å². The zero-order chi connectivity index (χ0) is 13.8. The van der Waals surface area contributed by atoms with E-state index in [2.05, 4.69) is 4.74 Å². The van der Waals surface area contributed by atoms with Gasteiger partial charge in [-0.25, -0.2) is 4.79 Å². The number of hydrogen-bond acceptors (Lipinski definition) is 6. The van der Waals surface area contributed by atoms with Gasteiger partial charge in [-0.3, -0.25) is 0 Å². The van der Waals surface area contributed by atoms with Crippen molar-refractivity contribution in [2.24, 2.45) is 0 Å². The minimum atomic E-state index is -1.17. The summed E-state index contributed by atoms with van der Waals surface area (Å²) in [5, 5.41) is 28.4. The van der Waals surface area contributed by atoms with E-state index in [0.29, 0.717) is 5.75 Å². The highest BCUT2D eigenvalue weighted by atomic mass is 32.2. The van der Waals surface area contributed by atoms with Crippen molar-refractivity contribution in [3.05, 3.63) is 47.4 Å². The Kier molecular flexibility index (Phi) is 4.34. The molecule has 1 aliphatic rings. The van der Waals surface area contributed by atoms with Crippen molar-refractivity contribution >= 4 is 17.7 Å².